The molecule has 0 spiro atoms. The molecule has 46 heavy (non-hydrogen) atoms. The molecule has 0 radical (unpaired) electrons. The predicted molar refractivity (Wildman–Crippen MR) is 193 cm³/mol. The molecule has 2 aromatic heterocycles. The van der Waals surface area contributed by atoms with Crippen molar-refractivity contribution < 1.29 is 0 Å². The first-order valence-corrected chi connectivity index (χ1v) is 16.0. The molecule has 5 aromatic carbocycles. The third-order valence-corrected chi connectivity index (χ3v) is 8.89. The number of fused-ring (bicyclic) bond motifs is 3. The Hall–Kier alpha value is -5.09. The summed E-state index contributed by atoms with van der Waals surface area (Å²) >= 11 is 0. The van der Waals surface area contributed by atoms with E-state index < -0.39 is 0 Å². The minimum Gasteiger partial charge on any atom is -0.309 e. The summed E-state index contributed by atoms with van der Waals surface area (Å²) < 4.78 is 2.42. The highest BCUT2D eigenvalue weighted by molar-refractivity contribution is 6.10. The quantitative estimate of drug-likeness (QED) is 0.202. The Morgan fingerprint density at radius 1 is 0.457 bits per heavy atom. The lowest BCUT2D eigenvalue weighted by molar-refractivity contribution is 0.590. The maximum Gasteiger partial charge on any atom is 0.164 e. The molecule has 0 aliphatic heterocycles. The highest BCUT2D eigenvalue weighted by atomic mass is 15.0. The normalized spacial score (nSPS) is 12.2. The highest BCUT2D eigenvalue weighted by Gasteiger charge is 2.22. The molecular formula is C42H40N4. The van der Waals surface area contributed by atoms with Crippen molar-refractivity contribution in [2.45, 2.75) is 59.3 Å². The number of benzene rings is 5. The van der Waals surface area contributed by atoms with Crippen molar-refractivity contribution in [1.29, 1.82) is 0 Å². The zero-order valence-electron chi connectivity index (χ0n) is 27.8. The van der Waals surface area contributed by atoms with E-state index in [9.17, 15) is 0 Å². The summed E-state index contributed by atoms with van der Waals surface area (Å²) in [7, 11) is 0. The molecule has 0 bridgehead atoms. The van der Waals surface area contributed by atoms with Crippen LogP contribution in [0.5, 0.6) is 0 Å². The Labute approximate surface area is 271 Å². The smallest absolute Gasteiger partial charge is 0.164 e. The molecule has 4 heteroatoms. The lowest BCUT2D eigenvalue weighted by Gasteiger charge is -2.19. The monoisotopic (exact) mass is 600 g/mol. The fourth-order valence-electron chi connectivity index (χ4n) is 6.20. The van der Waals surface area contributed by atoms with Crippen LogP contribution in [0.25, 0.3) is 61.7 Å². The summed E-state index contributed by atoms with van der Waals surface area (Å²) in [5.41, 5.74) is 10.4. The fourth-order valence-corrected chi connectivity index (χ4v) is 6.20. The van der Waals surface area contributed by atoms with Crippen molar-refractivity contribution in [2.75, 3.05) is 0 Å². The van der Waals surface area contributed by atoms with Gasteiger partial charge in [-0.25, -0.2) is 15.0 Å². The van der Waals surface area contributed by atoms with Crippen LogP contribution in [0.15, 0.2) is 115 Å². The lowest BCUT2D eigenvalue weighted by atomic mass is 9.85. The summed E-state index contributed by atoms with van der Waals surface area (Å²) in [4.78, 5) is 14.8. The second-order valence-electron chi connectivity index (χ2n) is 14.3. The van der Waals surface area contributed by atoms with E-state index >= 15 is 0 Å². The first-order chi connectivity index (χ1) is 22.0. The van der Waals surface area contributed by atoms with E-state index in [0.29, 0.717) is 17.5 Å². The summed E-state index contributed by atoms with van der Waals surface area (Å²) in [6.07, 6.45) is 0. The number of hydrogen-bond acceptors (Lipinski definition) is 3. The Bertz CT molecular complexity index is 2080. The molecule has 2 heterocycles. The van der Waals surface area contributed by atoms with Gasteiger partial charge in [-0.1, -0.05) is 114 Å². The van der Waals surface area contributed by atoms with Crippen LogP contribution >= 0.6 is 0 Å². The topological polar surface area (TPSA) is 43.6 Å². The number of rotatable bonds is 4. The van der Waals surface area contributed by atoms with Crippen molar-refractivity contribution in [3.8, 4) is 39.9 Å². The average molecular weight is 601 g/mol. The summed E-state index contributed by atoms with van der Waals surface area (Å²) in [5.74, 6) is 1.99. The van der Waals surface area contributed by atoms with Gasteiger partial charge in [0.15, 0.2) is 17.5 Å². The van der Waals surface area contributed by atoms with Gasteiger partial charge in [0.25, 0.3) is 0 Å². The van der Waals surface area contributed by atoms with E-state index in [1.807, 2.05) is 60.7 Å². The number of aromatic nitrogens is 4. The van der Waals surface area contributed by atoms with Gasteiger partial charge in [0, 0.05) is 33.2 Å². The number of nitrogens with zero attached hydrogens (tertiary/aromatic N) is 4. The van der Waals surface area contributed by atoms with Crippen LogP contribution in [0, 0.1) is 6.92 Å². The van der Waals surface area contributed by atoms with Crippen molar-refractivity contribution in [2.24, 2.45) is 0 Å². The van der Waals surface area contributed by atoms with E-state index in [4.69, 9.17) is 15.0 Å². The van der Waals surface area contributed by atoms with Crippen LogP contribution in [0.3, 0.4) is 0 Å². The van der Waals surface area contributed by atoms with Crippen LogP contribution in [0.4, 0.5) is 0 Å². The van der Waals surface area contributed by atoms with Crippen LogP contribution in [-0.4, -0.2) is 19.5 Å². The first-order valence-electron chi connectivity index (χ1n) is 16.0. The molecule has 7 aromatic rings. The van der Waals surface area contributed by atoms with E-state index in [-0.39, 0.29) is 10.8 Å². The fraction of sp³-hybridized carbons (Fsp3) is 0.214. The molecule has 0 fully saturated rings. The maximum atomic E-state index is 4.97. The van der Waals surface area contributed by atoms with Gasteiger partial charge in [0.1, 0.15) is 0 Å². The number of aryl methyl sites for hydroxylation is 1. The van der Waals surface area contributed by atoms with Crippen molar-refractivity contribution in [1.82, 2.24) is 19.5 Å². The molecule has 0 aliphatic rings. The van der Waals surface area contributed by atoms with Gasteiger partial charge in [-0.15, -0.1) is 0 Å². The predicted octanol–water partition coefficient (Wildman–Crippen LogP) is 10.9. The Balaban J connectivity index is 1.41. The summed E-state index contributed by atoms with van der Waals surface area (Å²) in [5, 5.41) is 2.57. The molecule has 0 unspecified atom stereocenters. The Morgan fingerprint density at radius 3 is 1.30 bits per heavy atom. The Morgan fingerprint density at radius 2 is 0.891 bits per heavy atom. The summed E-state index contributed by atoms with van der Waals surface area (Å²) in [6.45, 7) is 15.9. The first kappa shape index (κ1) is 29.6. The van der Waals surface area contributed by atoms with E-state index in [2.05, 4.69) is 108 Å². The van der Waals surface area contributed by atoms with Gasteiger partial charge in [-0.3, -0.25) is 0 Å². The highest BCUT2D eigenvalue weighted by Crippen LogP contribution is 2.38. The molecule has 0 atom stereocenters. The molecule has 0 saturated heterocycles. The average Bonchev–Trinajstić information content (AvgIpc) is 3.37. The minimum atomic E-state index is 0.0591. The molecule has 7 rings (SSSR count). The number of hydrogen-bond donors (Lipinski definition) is 0. The van der Waals surface area contributed by atoms with Crippen LogP contribution in [0.2, 0.25) is 0 Å². The van der Waals surface area contributed by atoms with Gasteiger partial charge in [0.2, 0.25) is 0 Å². The largest absolute Gasteiger partial charge is 0.309 e. The summed E-state index contributed by atoms with van der Waals surface area (Å²) in [6, 6.07) is 40.8. The second kappa shape index (κ2) is 11.1. The zero-order valence-corrected chi connectivity index (χ0v) is 27.8. The molecule has 0 saturated carbocycles. The van der Waals surface area contributed by atoms with Gasteiger partial charge in [-0.2, -0.15) is 0 Å². The van der Waals surface area contributed by atoms with Crippen LogP contribution in [0.1, 0.15) is 58.2 Å². The minimum absolute atomic E-state index is 0.0591. The van der Waals surface area contributed by atoms with Gasteiger partial charge in [-0.05, 0) is 76.9 Å². The Kier molecular flexibility index (Phi) is 7.12. The SMILES string of the molecule is Cc1cc(-c2nc(-c3ccccc3)nc(-c3ccccc3)n2)ccc1-n1c2ccc(C(C)(C)C)cc2c2cc(C(C)(C)C)ccc21. The van der Waals surface area contributed by atoms with E-state index in [0.717, 1.165) is 27.9 Å². The lowest BCUT2D eigenvalue weighted by Crippen LogP contribution is -2.10. The van der Waals surface area contributed by atoms with E-state index in [1.165, 1.54) is 32.9 Å². The van der Waals surface area contributed by atoms with Gasteiger partial charge < -0.3 is 4.57 Å². The maximum absolute atomic E-state index is 4.97. The van der Waals surface area contributed by atoms with Crippen LogP contribution in [-0.2, 0) is 10.8 Å². The van der Waals surface area contributed by atoms with Gasteiger partial charge >= 0.3 is 0 Å². The molecule has 4 nitrogen and oxygen atoms in total. The molecule has 0 amide bonds. The third kappa shape index (κ3) is 5.38. The zero-order chi connectivity index (χ0) is 32.2. The molecule has 0 N–H and O–H groups in total. The third-order valence-electron chi connectivity index (χ3n) is 8.89. The van der Waals surface area contributed by atoms with Crippen molar-refractivity contribution >= 4 is 21.8 Å². The second-order valence-corrected chi connectivity index (χ2v) is 14.3. The van der Waals surface area contributed by atoms with Crippen molar-refractivity contribution in [3.05, 3.63) is 132 Å². The van der Waals surface area contributed by atoms with Crippen LogP contribution < -0.4 is 0 Å². The van der Waals surface area contributed by atoms with E-state index in [1.54, 1.807) is 0 Å². The molecular weight excluding hydrogens is 560 g/mol. The van der Waals surface area contributed by atoms with Crippen molar-refractivity contribution in [3.63, 3.8) is 0 Å². The van der Waals surface area contributed by atoms with Gasteiger partial charge in [0.05, 0.1) is 11.0 Å². The standard InChI is InChI=1S/C42H40N4/c1-27-24-30(40-44-38(28-14-10-8-11-15-28)43-39(45-40)29-16-12-9-13-17-29)18-21-35(27)46-36-22-19-31(41(2,3)4)25-33(36)34-26-32(42(5,6)7)20-23-37(34)46/h8-26H,1-7H3. The molecule has 0 aliphatic carbocycles. The molecule has 228 valence electrons.